The van der Waals surface area contributed by atoms with Gasteiger partial charge in [0, 0.05) is 5.56 Å². The number of carbonyl (C=O) groups is 1. The first-order valence-electron chi connectivity index (χ1n) is 5.99. The fraction of sp³-hybridized carbons (Fsp3) is 0.286. The molecule has 0 bridgehead atoms. The van der Waals surface area contributed by atoms with Crippen molar-refractivity contribution in [2.24, 2.45) is 0 Å². The van der Waals surface area contributed by atoms with Crippen molar-refractivity contribution in [2.75, 3.05) is 0 Å². The Bertz CT molecular complexity index is 557. The Morgan fingerprint density at radius 3 is 2.82 bits per heavy atom. The standard InChI is InChI=1S/C14H14N2O/c17-8-13-14(16-9-15-13)12-6-5-10-3-1-2-4-11(10)7-12/h5-9H,1-4H2,(H,15,16). The number of aromatic nitrogens is 2. The van der Waals surface area contributed by atoms with Gasteiger partial charge in [-0.15, -0.1) is 0 Å². The van der Waals surface area contributed by atoms with Crippen LogP contribution >= 0.6 is 0 Å². The maximum Gasteiger partial charge on any atom is 0.168 e. The first kappa shape index (κ1) is 10.3. The van der Waals surface area contributed by atoms with E-state index in [4.69, 9.17) is 0 Å². The number of aldehydes is 1. The molecule has 1 aliphatic rings. The summed E-state index contributed by atoms with van der Waals surface area (Å²) < 4.78 is 0. The number of benzene rings is 1. The minimum atomic E-state index is 0.556. The Morgan fingerprint density at radius 2 is 2.00 bits per heavy atom. The Hall–Kier alpha value is -1.90. The molecule has 2 aromatic rings. The van der Waals surface area contributed by atoms with Gasteiger partial charge in [-0.1, -0.05) is 12.1 Å². The molecule has 0 atom stereocenters. The third-order valence-corrected chi connectivity index (χ3v) is 3.41. The number of carbonyl (C=O) groups excluding carboxylic acids is 1. The van der Waals surface area contributed by atoms with E-state index in [0.29, 0.717) is 5.69 Å². The van der Waals surface area contributed by atoms with E-state index in [9.17, 15) is 4.79 Å². The summed E-state index contributed by atoms with van der Waals surface area (Å²) in [5, 5.41) is 0. The van der Waals surface area contributed by atoms with Crippen LogP contribution in [-0.4, -0.2) is 16.3 Å². The third-order valence-electron chi connectivity index (χ3n) is 3.41. The third kappa shape index (κ3) is 1.78. The highest BCUT2D eigenvalue weighted by molar-refractivity contribution is 5.83. The molecular weight excluding hydrogens is 212 g/mol. The van der Waals surface area contributed by atoms with E-state index >= 15 is 0 Å². The maximum absolute atomic E-state index is 10.9. The molecule has 1 aromatic heterocycles. The molecule has 0 amide bonds. The first-order chi connectivity index (χ1) is 8.38. The SMILES string of the molecule is O=Cc1[nH]cnc1-c1ccc2c(c1)CCCC2. The summed E-state index contributed by atoms with van der Waals surface area (Å²) in [5.74, 6) is 0. The molecule has 3 rings (SSSR count). The maximum atomic E-state index is 10.9. The molecule has 0 saturated carbocycles. The second kappa shape index (κ2) is 4.17. The van der Waals surface area contributed by atoms with Crippen LogP contribution in [0.1, 0.15) is 34.5 Å². The van der Waals surface area contributed by atoms with Gasteiger partial charge in [0.25, 0.3) is 0 Å². The molecule has 1 aliphatic carbocycles. The van der Waals surface area contributed by atoms with Crippen LogP contribution in [0, 0.1) is 0 Å². The topological polar surface area (TPSA) is 45.8 Å². The summed E-state index contributed by atoms with van der Waals surface area (Å²) in [6.45, 7) is 0. The van der Waals surface area contributed by atoms with Gasteiger partial charge >= 0.3 is 0 Å². The van der Waals surface area contributed by atoms with Gasteiger partial charge in [-0.25, -0.2) is 4.98 Å². The molecule has 0 aliphatic heterocycles. The summed E-state index contributed by atoms with van der Waals surface area (Å²) >= 11 is 0. The number of aromatic amines is 1. The molecule has 1 aromatic carbocycles. The van der Waals surface area contributed by atoms with Crippen molar-refractivity contribution < 1.29 is 4.79 Å². The van der Waals surface area contributed by atoms with Gasteiger partial charge in [0.15, 0.2) is 6.29 Å². The number of hydrogen-bond acceptors (Lipinski definition) is 2. The second-order valence-electron chi connectivity index (χ2n) is 4.47. The van der Waals surface area contributed by atoms with Gasteiger partial charge < -0.3 is 4.98 Å². The van der Waals surface area contributed by atoms with Gasteiger partial charge in [0.05, 0.1) is 12.0 Å². The number of hydrogen-bond donors (Lipinski definition) is 1. The van der Waals surface area contributed by atoms with Crippen molar-refractivity contribution in [3.05, 3.63) is 41.3 Å². The molecule has 86 valence electrons. The lowest BCUT2D eigenvalue weighted by Gasteiger charge is -2.16. The number of rotatable bonds is 2. The zero-order valence-corrected chi connectivity index (χ0v) is 9.57. The summed E-state index contributed by atoms with van der Waals surface area (Å²) in [6, 6.07) is 6.41. The van der Waals surface area contributed by atoms with Crippen LogP contribution in [0.25, 0.3) is 11.3 Å². The number of nitrogens with one attached hydrogen (secondary N) is 1. The number of nitrogens with zero attached hydrogens (tertiary/aromatic N) is 1. The van der Waals surface area contributed by atoms with E-state index in [1.165, 1.54) is 30.4 Å². The molecule has 0 unspecified atom stereocenters. The van der Waals surface area contributed by atoms with E-state index in [1.807, 2.05) is 0 Å². The zero-order valence-electron chi connectivity index (χ0n) is 9.57. The normalized spacial score (nSPS) is 14.4. The minimum absolute atomic E-state index is 0.556. The van der Waals surface area contributed by atoms with Crippen molar-refractivity contribution in [3.63, 3.8) is 0 Å². The highest BCUT2D eigenvalue weighted by Crippen LogP contribution is 2.27. The van der Waals surface area contributed by atoms with E-state index in [1.54, 1.807) is 6.33 Å². The summed E-state index contributed by atoms with van der Waals surface area (Å²) in [4.78, 5) is 18.0. The fourth-order valence-corrected chi connectivity index (χ4v) is 2.50. The predicted molar refractivity (Wildman–Crippen MR) is 66.1 cm³/mol. The number of fused-ring (bicyclic) bond motifs is 1. The highest BCUT2D eigenvalue weighted by Gasteiger charge is 2.12. The lowest BCUT2D eigenvalue weighted by Crippen LogP contribution is -2.02. The Kier molecular flexibility index (Phi) is 2.52. The van der Waals surface area contributed by atoms with Crippen molar-refractivity contribution in [2.45, 2.75) is 25.7 Å². The van der Waals surface area contributed by atoms with Gasteiger partial charge in [-0.3, -0.25) is 4.79 Å². The molecule has 0 radical (unpaired) electrons. The second-order valence-corrected chi connectivity index (χ2v) is 4.47. The van der Waals surface area contributed by atoms with Crippen LogP contribution in [0.3, 0.4) is 0 Å². The fourth-order valence-electron chi connectivity index (χ4n) is 2.50. The zero-order chi connectivity index (χ0) is 11.7. The Balaban J connectivity index is 2.07. The van der Waals surface area contributed by atoms with Crippen molar-refractivity contribution in [1.82, 2.24) is 9.97 Å². The molecule has 3 heteroatoms. The van der Waals surface area contributed by atoms with Crippen LogP contribution in [0.5, 0.6) is 0 Å². The highest BCUT2D eigenvalue weighted by atomic mass is 16.1. The van der Waals surface area contributed by atoms with Gasteiger partial charge in [0.2, 0.25) is 0 Å². The lowest BCUT2D eigenvalue weighted by atomic mass is 9.90. The molecule has 3 nitrogen and oxygen atoms in total. The summed E-state index contributed by atoms with van der Waals surface area (Å²) in [5.41, 5.74) is 5.21. The van der Waals surface area contributed by atoms with Crippen molar-refractivity contribution in [3.8, 4) is 11.3 Å². The van der Waals surface area contributed by atoms with E-state index < -0.39 is 0 Å². The molecule has 0 saturated heterocycles. The number of aryl methyl sites for hydroxylation is 2. The smallest absolute Gasteiger partial charge is 0.168 e. The average molecular weight is 226 g/mol. The largest absolute Gasteiger partial charge is 0.342 e. The quantitative estimate of drug-likeness (QED) is 0.800. The molecule has 1 heterocycles. The molecule has 0 spiro atoms. The van der Waals surface area contributed by atoms with Gasteiger partial charge in [-0.2, -0.15) is 0 Å². The number of imidazole rings is 1. The van der Waals surface area contributed by atoms with Crippen LogP contribution in [0.2, 0.25) is 0 Å². The van der Waals surface area contributed by atoms with Crippen molar-refractivity contribution in [1.29, 1.82) is 0 Å². The van der Waals surface area contributed by atoms with Gasteiger partial charge in [0.1, 0.15) is 5.69 Å². The van der Waals surface area contributed by atoms with E-state index in [0.717, 1.165) is 24.0 Å². The van der Waals surface area contributed by atoms with E-state index in [-0.39, 0.29) is 0 Å². The summed E-state index contributed by atoms with van der Waals surface area (Å²) in [6.07, 6.45) is 7.26. The minimum Gasteiger partial charge on any atom is -0.342 e. The van der Waals surface area contributed by atoms with E-state index in [2.05, 4.69) is 28.2 Å². The molecule has 0 fully saturated rings. The van der Waals surface area contributed by atoms with Crippen LogP contribution in [0.4, 0.5) is 0 Å². The monoisotopic (exact) mass is 226 g/mol. The van der Waals surface area contributed by atoms with Crippen LogP contribution in [-0.2, 0) is 12.8 Å². The Morgan fingerprint density at radius 1 is 1.18 bits per heavy atom. The average Bonchev–Trinajstić information content (AvgIpc) is 2.86. The first-order valence-corrected chi connectivity index (χ1v) is 5.99. The van der Waals surface area contributed by atoms with Crippen LogP contribution < -0.4 is 0 Å². The summed E-state index contributed by atoms with van der Waals surface area (Å²) in [7, 11) is 0. The molecule has 1 N–H and O–H groups in total. The van der Waals surface area contributed by atoms with Crippen LogP contribution in [0.15, 0.2) is 24.5 Å². The lowest BCUT2D eigenvalue weighted by molar-refractivity contribution is 0.112. The molecular formula is C14H14N2O. The van der Waals surface area contributed by atoms with Crippen molar-refractivity contribution >= 4 is 6.29 Å². The molecule has 17 heavy (non-hydrogen) atoms. The van der Waals surface area contributed by atoms with Gasteiger partial charge in [-0.05, 0) is 42.9 Å². The predicted octanol–water partition coefficient (Wildman–Crippen LogP) is 2.77. The Labute approximate surface area is 99.9 Å². The number of H-pyrrole nitrogens is 1.